The molecule has 3 aromatic rings. The summed E-state index contributed by atoms with van der Waals surface area (Å²) in [5.41, 5.74) is 4.11. The number of fused-ring (bicyclic) bond motifs is 2. The number of hydrogen-bond acceptors (Lipinski definition) is 7. The van der Waals surface area contributed by atoms with Crippen LogP contribution in [0.15, 0.2) is 30.6 Å². The van der Waals surface area contributed by atoms with Gasteiger partial charge in [0.05, 0.1) is 18.1 Å². The first-order valence-electron chi connectivity index (χ1n) is 11.9. The Morgan fingerprint density at radius 3 is 2.83 bits per heavy atom. The normalized spacial score (nSPS) is 21.8. The van der Waals surface area contributed by atoms with Gasteiger partial charge < -0.3 is 9.80 Å². The monoisotopic (exact) mass is 488 g/mol. The molecule has 6 rings (SSSR count). The minimum absolute atomic E-state index is 0.204. The van der Waals surface area contributed by atoms with Crippen LogP contribution in [-0.2, 0) is 29.1 Å². The zero-order chi connectivity index (χ0) is 25.0. The van der Waals surface area contributed by atoms with Crippen LogP contribution in [-0.4, -0.2) is 71.2 Å². The summed E-state index contributed by atoms with van der Waals surface area (Å²) in [6, 6.07) is 4.63. The molecule has 184 valence electrons. The van der Waals surface area contributed by atoms with Crippen LogP contribution in [0.1, 0.15) is 57.4 Å². The van der Waals surface area contributed by atoms with E-state index in [-0.39, 0.29) is 35.8 Å². The molecule has 3 aliphatic heterocycles. The van der Waals surface area contributed by atoms with Gasteiger partial charge in [-0.15, -0.1) is 5.10 Å². The molecular formula is C24H24N8O4. The van der Waals surface area contributed by atoms with Crippen molar-refractivity contribution in [1.29, 1.82) is 0 Å². The summed E-state index contributed by atoms with van der Waals surface area (Å²) in [6.45, 7) is 3.43. The molecule has 0 spiro atoms. The van der Waals surface area contributed by atoms with Crippen LogP contribution in [0.25, 0.3) is 5.69 Å². The van der Waals surface area contributed by atoms with Crippen molar-refractivity contribution in [3.05, 3.63) is 58.7 Å². The van der Waals surface area contributed by atoms with Crippen LogP contribution in [0.2, 0.25) is 0 Å². The number of imide groups is 1. The molecule has 1 aromatic carbocycles. The highest BCUT2D eigenvalue weighted by Crippen LogP contribution is 2.29. The number of amides is 4. The predicted octanol–water partition coefficient (Wildman–Crippen LogP) is 0.586. The van der Waals surface area contributed by atoms with Crippen molar-refractivity contribution < 1.29 is 19.2 Å². The van der Waals surface area contributed by atoms with Gasteiger partial charge in [0.1, 0.15) is 6.04 Å². The largest absolute Gasteiger partial charge is 0.332 e. The van der Waals surface area contributed by atoms with Gasteiger partial charge in [-0.2, -0.15) is 5.10 Å². The maximum Gasteiger partial charge on any atom is 0.276 e. The van der Waals surface area contributed by atoms with Crippen LogP contribution in [0.5, 0.6) is 0 Å². The number of nitrogens with one attached hydrogen (secondary N) is 2. The molecule has 1 saturated heterocycles. The zero-order valence-electron chi connectivity index (χ0n) is 19.6. The van der Waals surface area contributed by atoms with Crippen LogP contribution in [0.3, 0.4) is 0 Å². The maximum absolute atomic E-state index is 13.2. The molecule has 0 radical (unpaired) electrons. The number of carbonyl (C=O) groups excluding carboxylic acids is 4. The van der Waals surface area contributed by atoms with Crippen LogP contribution in [0.4, 0.5) is 0 Å². The van der Waals surface area contributed by atoms with Crippen molar-refractivity contribution in [2.45, 2.75) is 45.3 Å². The van der Waals surface area contributed by atoms with Gasteiger partial charge in [-0.25, -0.2) is 4.68 Å². The van der Waals surface area contributed by atoms with Gasteiger partial charge >= 0.3 is 0 Å². The summed E-state index contributed by atoms with van der Waals surface area (Å²) < 4.78 is 1.47. The Morgan fingerprint density at radius 1 is 1.14 bits per heavy atom. The molecule has 5 heterocycles. The molecule has 36 heavy (non-hydrogen) atoms. The van der Waals surface area contributed by atoms with Gasteiger partial charge in [0.25, 0.3) is 11.8 Å². The molecule has 1 fully saturated rings. The Balaban J connectivity index is 1.21. The lowest BCUT2D eigenvalue weighted by Crippen LogP contribution is -2.52. The van der Waals surface area contributed by atoms with Crippen molar-refractivity contribution in [2.75, 3.05) is 6.54 Å². The third-order valence-electron chi connectivity index (χ3n) is 7.03. The fourth-order valence-corrected chi connectivity index (χ4v) is 5.20. The maximum atomic E-state index is 13.2. The Hall–Kier alpha value is -4.35. The molecule has 12 nitrogen and oxygen atoms in total. The molecule has 0 saturated carbocycles. The second-order valence-corrected chi connectivity index (χ2v) is 9.66. The van der Waals surface area contributed by atoms with Gasteiger partial charge in [0, 0.05) is 42.9 Å². The molecule has 0 aliphatic carbocycles. The van der Waals surface area contributed by atoms with Gasteiger partial charge in [-0.3, -0.25) is 29.6 Å². The van der Waals surface area contributed by atoms with E-state index in [1.165, 1.54) is 9.58 Å². The number of H-pyrrole nitrogens is 1. The second kappa shape index (κ2) is 8.40. The number of aromatic nitrogens is 5. The Morgan fingerprint density at radius 2 is 2.00 bits per heavy atom. The summed E-state index contributed by atoms with van der Waals surface area (Å²) >= 11 is 0. The lowest BCUT2D eigenvalue weighted by molar-refractivity contribution is -0.136. The minimum Gasteiger partial charge on any atom is -0.332 e. The van der Waals surface area contributed by atoms with Gasteiger partial charge in [-0.05, 0) is 36.5 Å². The molecule has 4 amide bonds. The molecule has 0 bridgehead atoms. The predicted molar refractivity (Wildman–Crippen MR) is 124 cm³/mol. The standard InChI is InChI=1S/C24H24N8O4/c1-13-6-18-15(8-25-27-18)10-30(9-13)24(36)19-12-32(29-28-19)16-3-2-14-11-31(23(35)17(14)7-16)20-4-5-21(33)26-22(20)34/h2-3,7-8,12-13,20H,4-6,9-11H2,1H3,(H,25,27)(H,26,33,34). The summed E-state index contributed by atoms with van der Waals surface area (Å²) in [6.07, 6.45) is 4.65. The summed E-state index contributed by atoms with van der Waals surface area (Å²) in [7, 11) is 0. The number of nitrogens with zero attached hydrogens (tertiary/aromatic N) is 6. The Bertz CT molecular complexity index is 1410. The van der Waals surface area contributed by atoms with E-state index >= 15 is 0 Å². The van der Waals surface area contributed by atoms with Crippen molar-refractivity contribution >= 4 is 23.6 Å². The lowest BCUT2D eigenvalue weighted by Gasteiger charge is -2.29. The summed E-state index contributed by atoms with van der Waals surface area (Å²) in [4.78, 5) is 53.4. The number of benzene rings is 1. The highest BCUT2D eigenvalue weighted by Gasteiger charge is 2.39. The third kappa shape index (κ3) is 3.74. The fourth-order valence-electron chi connectivity index (χ4n) is 5.20. The first-order valence-corrected chi connectivity index (χ1v) is 11.9. The Kier molecular flexibility index (Phi) is 5.16. The number of piperidine rings is 1. The van der Waals surface area contributed by atoms with Crippen molar-refractivity contribution in [3.8, 4) is 5.69 Å². The van der Waals surface area contributed by atoms with E-state index in [1.54, 1.807) is 29.4 Å². The van der Waals surface area contributed by atoms with Gasteiger partial charge in [-0.1, -0.05) is 18.2 Å². The van der Waals surface area contributed by atoms with E-state index in [1.807, 2.05) is 6.07 Å². The SMILES string of the molecule is CC1Cc2[nH]ncc2CN(C(=O)c2cn(-c3ccc4c(c3)C(=O)N(C3CCC(=O)NC3=O)C4)nn2)C1. The van der Waals surface area contributed by atoms with Crippen molar-refractivity contribution in [1.82, 2.24) is 40.3 Å². The summed E-state index contributed by atoms with van der Waals surface area (Å²) in [5, 5.41) is 17.7. The average Bonchev–Trinajstić information content (AvgIpc) is 3.56. The minimum atomic E-state index is -0.673. The highest BCUT2D eigenvalue weighted by atomic mass is 16.2. The quantitative estimate of drug-likeness (QED) is 0.513. The first kappa shape index (κ1) is 22.1. The second-order valence-electron chi connectivity index (χ2n) is 9.66. The molecule has 12 heteroatoms. The smallest absolute Gasteiger partial charge is 0.276 e. The zero-order valence-corrected chi connectivity index (χ0v) is 19.6. The van der Waals surface area contributed by atoms with Gasteiger partial charge in [0.2, 0.25) is 11.8 Å². The van der Waals surface area contributed by atoms with Crippen molar-refractivity contribution in [3.63, 3.8) is 0 Å². The van der Waals surface area contributed by atoms with E-state index in [2.05, 4.69) is 32.7 Å². The molecule has 2 aromatic heterocycles. The van der Waals surface area contributed by atoms with Gasteiger partial charge in [0.15, 0.2) is 5.69 Å². The van der Waals surface area contributed by atoms with E-state index in [9.17, 15) is 19.2 Å². The molecule has 2 unspecified atom stereocenters. The van der Waals surface area contributed by atoms with E-state index in [0.717, 1.165) is 23.2 Å². The van der Waals surface area contributed by atoms with E-state index in [4.69, 9.17) is 0 Å². The number of hydrogen-bond donors (Lipinski definition) is 2. The van der Waals surface area contributed by atoms with Crippen LogP contribution >= 0.6 is 0 Å². The highest BCUT2D eigenvalue weighted by molar-refractivity contribution is 6.05. The molecule has 3 aliphatic rings. The van der Waals surface area contributed by atoms with Crippen molar-refractivity contribution in [2.24, 2.45) is 5.92 Å². The average molecular weight is 489 g/mol. The van der Waals surface area contributed by atoms with Crippen LogP contribution < -0.4 is 5.32 Å². The number of aromatic amines is 1. The fraction of sp³-hybridized carbons (Fsp3) is 0.375. The third-order valence-corrected chi connectivity index (χ3v) is 7.03. The first-order chi connectivity index (χ1) is 17.4. The van der Waals surface area contributed by atoms with Crippen LogP contribution in [0, 0.1) is 5.92 Å². The molecular weight excluding hydrogens is 464 g/mol. The Labute approximate surface area is 205 Å². The number of carbonyl (C=O) groups is 4. The topological polar surface area (TPSA) is 146 Å². The van der Waals surface area contributed by atoms with E-state index in [0.29, 0.717) is 37.3 Å². The number of rotatable bonds is 3. The summed E-state index contributed by atoms with van der Waals surface area (Å²) in [5.74, 6) is -0.993. The molecule has 2 atom stereocenters. The molecule has 2 N–H and O–H groups in total. The lowest BCUT2D eigenvalue weighted by atomic mass is 10.0. The van der Waals surface area contributed by atoms with E-state index < -0.39 is 11.9 Å².